The van der Waals surface area contributed by atoms with Crippen molar-refractivity contribution in [2.75, 3.05) is 12.5 Å². The molecule has 0 bridgehead atoms. The number of hydrazone groups is 1. The number of methoxy groups -OCH3 is 1. The molecule has 0 aromatic heterocycles. The number of esters is 1. The minimum absolute atomic E-state index is 0.0426. The number of halogens is 1. The van der Waals surface area contributed by atoms with E-state index in [1.54, 1.807) is 23.9 Å². The van der Waals surface area contributed by atoms with Gasteiger partial charge in [0.1, 0.15) is 0 Å². The van der Waals surface area contributed by atoms with Crippen LogP contribution in [0.5, 0.6) is 0 Å². The van der Waals surface area contributed by atoms with Gasteiger partial charge in [-0.2, -0.15) is 5.10 Å². The highest BCUT2D eigenvalue weighted by Gasteiger charge is 2.21. The summed E-state index contributed by atoms with van der Waals surface area (Å²) in [6.45, 7) is 0. The van der Waals surface area contributed by atoms with E-state index in [0.717, 1.165) is 18.5 Å². The molecule has 26 heavy (non-hydrogen) atoms. The predicted octanol–water partition coefficient (Wildman–Crippen LogP) is 5.04. The van der Waals surface area contributed by atoms with Crippen molar-refractivity contribution in [2.24, 2.45) is 5.10 Å². The molecule has 0 heterocycles. The van der Waals surface area contributed by atoms with Crippen molar-refractivity contribution in [1.29, 1.82) is 0 Å². The minimum atomic E-state index is -0.298. The van der Waals surface area contributed by atoms with Crippen molar-refractivity contribution >= 4 is 45.8 Å². The van der Waals surface area contributed by atoms with Gasteiger partial charge in [0.15, 0.2) is 10.8 Å². The third-order valence-electron chi connectivity index (χ3n) is 4.19. The van der Waals surface area contributed by atoms with E-state index < -0.39 is 0 Å². The van der Waals surface area contributed by atoms with Crippen molar-refractivity contribution in [2.45, 2.75) is 56.6 Å². The van der Waals surface area contributed by atoms with Crippen LogP contribution in [0.2, 0.25) is 5.02 Å². The van der Waals surface area contributed by atoms with Crippen LogP contribution in [0.1, 0.15) is 51.4 Å². The smallest absolute Gasteiger partial charge is 0.305 e. The van der Waals surface area contributed by atoms with E-state index in [2.05, 4.69) is 15.3 Å². The molecule has 2 rings (SSSR count). The molecule has 0 aliphatic heterocycles. The number of hydrogen-bond donors (Lipinski definition) is 1. The number of ether oxygens (including phenoxy) is 1. The average molecular weight is 397 g/mol. The molecule has 1 aromatic carbocycles. The Kier molecular flexibility index (Phi) is 8.98. The Hall–Kier alpha value is -1.53. The van der Waals surface area contributed by atoms with Crippen molar-refractivity contribution in [3.8, 4) is 0 Å². The highest BCUT2D eigenvalue weighted by atomic mass is 35.5. The van der Waals surface area contributed by atoms with Crippen LogP contribution in [0.4, 0.5) is 5.69 Å². The summed E-state index contributed by atoms with van der Waals surface area (Å²) >= 11 is 7.54. The van der Waals surface area contributed by atoms with Gasteiger partial charge in [-0.25, -0.2) is 0 Å². The Morgan fingerprint density at radius 3 is 2.73 bits per heavy atom. The molecule has 1 aromatic rings. The molecule has 0 unspecified atom stereocenters. The number of hydrogen-bond acceptors (Lipinski definition) is 6. The lowest BCUT2D eigenvalue weighted by Gasteiger charge is -2.21. The van der Waals surface area contributed by atoms with E-state index >= 15 is 0 Å². The van der Waals surface area contributed by atoms with Gasteiger partial charge in [0.05, 0.1) is 12.8 Å². The molecule has 0 radical (unpaired) electrons. The molecule has 1 fully saturated rings. The van der Waals surface area contributed by atoms with Gasteiger partial charge >= 0.3 is 5.97 Å². The van der Waals surface area contributed by atoms with E-state index in [1.807, 2.05) is 12.1 Å². The van der Waals surface area contributed by atoms with Crippen molar-refractivity contribution in [3.05, 3.63) is 29.3 Å². The van der Waals surface area contributed by atoms with Gasteiger partial charge in [0.2, 0.25) is 0 Å². The SMILES string of the molecule is COC(=O)CCCC(=O)/C(=N\Nc1cccc(Cl)c1)SC1CCCCC1. The lowest BCUT2D eigenvalue weighted by Crippen LogP contribution is -2.19. The minimum Gasteiger partial charge on any atom is -0.469 e. The lowest BCUT2D eigenvalue weighted by atomic mass is 10.0. The van der Waals surface area contributed by atoms with E-state index in [0.29, 0.717) is 21.7 Å². The zero-order chi connectivity index (χ0) is 18.8. The lowest BCUT2D eigenvalue weighted by molar-refractivity contribution is -0.140. The van der Waals surface area contributed by atoms with Gasteiger partial charge in [-0.1, -0.05) is 48.7 Å². The van der Waals surface area contributed by atoms with E-state index in [-0.39, 0.29) is 24.6 Å². The van der Waals surface area contributed by atoms with Gasteiger partial charge in [-0.05, 0) is 37.5 Å². The quantitative estimate of drug-likeness (QED) is 0.288. The molecule has 1 N–H and O–H groups in total. The maximum absolute atomic E-state index is 12.6. The molecular weight excluding hydrogens is 372 g/mol. The first-order chi connectivity index (χ1) is 12.6. The van der Waals surface area contributed by atoms with Gasteiger partial charge in [0, 0.05) is 23.1 Å². The van der Waals surface area contributed by atoms with Crippen molar-refractivity contribution < 1.29 is 14.3 Å². The average Bonchev–Trinajstić information content (AvgIpc) is 2.65. The first kappa shape index (κ1) is 20.8. The fourth-order valence-corrected chi connectivity index (χ4v) is 4.18. The standard InChI is InChI=1S/C19H25ClN2O3S/c1-25-18(24)12-6-11-17(23)19(26-16-9-3-2-4-10-16)22-21-15-8-5-7-14(20)13-15/h5,7-8,13,16,21H,2-4,6,9-12H2,1H3/b22-19+. The molecule has 7 heteroatoms. The molecule has 0 atom stereocenters. The Morgan fingerprint density at radius 1 is 1.27 bits per heavy atom. The fourth-order valence-electron chi connectivity index (χ4n) is 2.77. The van der Waals surface area contributed by atoms with Crippen LogP contribution in [0, 0.1) is 0 Å². The summed E-state index contributed by atoms with van der Waals surface area (Å²) in [6, 6.07) is 7.22. The maximum atomic E-state index is 12.6. The van der Waals surface area contributed by atoms with E-state index in [1.165, 1.54) is 26.4 Å². The van der Waals surface area contributed by atoms with Crippen molar-refractivity contribution in [3.63, 3.8) is 0 Å². The maximum Gasteiger partial charge on any atom is 0.305 e. The van der Waals surface area contributed by atoms with Crippen LogP contribution >= 0.6 is 23.4 Å². The van der Waals surface area contributed by atoms with Crippen LogP contribution in [0.15, 0.2) is 29.4 Å². The molecule has 0 saturated heterocycles. The topological polar surface area (TPSA) is 67.8 Å². The first-order valence-electron chi connectivity index (χ1n) is 8.94. The fraction of sp³-hybridized carbons (Fsp3) is 0.526. The number of ketones is 1. The second kappa shape index (κ2) is 11.2. The predicted molar refractivity (Wildman–Crippen MR) is 108 cm³/mol. The second-order valence-corrected chi connectivity index (χ2v) is 8.00. The summed E-state index contributed by atoms with van der Waals surface area (Å²) in [4.78, 5) is 23.8. The summed E-state index contributed by atoms with van der Waals surface area (Å²) in [5.74, 6) is -0.340. The molecule has 1 aliphatic rings. The van der Waals surface area contributed by atoms with E-state index in [4.69, 9.17) is 11.6 Å². The van der Waals surface area contributed by atoms with E-state index in [9.17, 15) is 9.59 Å². The molecule has 0 spiro atoms. The number of thioether (sulfide) groups is 1. The first-order valence-corrected chi connectivity index (χ1v) is 10.2. The summed E-state index contributed by atoms with van der Waals surface area (Å²) < 4.78 is 4.62. The molecule has 1 saturated carbocycles. The molecule has 0 amide bonds. The summed E-state index contributed by atoms with van der Waals surface area (Å²) in [6.07, 6.45) is 6.86. The Bertz CT molecular complexity index is 645. The number of benzene rings is 1. The number of Topliss-reactive ketones (excluding diaryl/α,β-unsaturated/α-hetero) is 1. The zero-order valence-corrected chi connectivity index (χ0v) is 16.6. The highest BCUT2D eigenvalue weighted by Crippen LogP contribution is 2.30. The number of rotatable bonds is 8. The normalized spacial score (nSPS) is 15.5. The molecular formula is C19H25ClN2O3S. The zero-order valence-electron chi connectivity index (χ0n) is 15.0. The number of nitrogens with one attached hydrogen (secondary N) is 1. The summed E-state index contributed by atoms with van der Waals surface area (Å²) in [5.41, 5.74) is 3.67. The second-order valence-electron chi connectivity index (χ2n) is 6.27. The number of anilines is 1. The Balaban J connectivity index is 2.00. The molecule has 1 aliphatic carbocycles. The van der Waals surface area contributed by atoms with Crippen LogP contribution in [0.3, 0.4) is 0 Å². The highest BCUT2D eigenvalue weighted by molar-refractivity contribution is 8.16. The number of carbonyl (C=O) groups excluding carboxylic acids is 2. The molecule has 142 valence electrons. The number of nitrogens with zero attached hydrogens (tertiary/aromatic N) is 1. The molecule has 5 nitrogen and oxygen atoms in total. The third kappa shape index (κ3) is 7.38. The van der Waals surface area contributed by atoms with Crippen LogP contribution < -0.4 is 5.43 Å². The van der Waals surface area contributed by atoms with Gasteiger partial charge in [-0.3, -0.25) is 15.0 Å². The summed E-state index contributed by atoms with van der Waals surface area (Å²) in [5, 5.41) is 5.86. The Morgan fingerprint density at radius 2 is 2.04 bits per heavy atom. The van der Waals surface area contributed by atoms with Gasteiger partial charge in [0.25, 0.3) is 0 Å². The number of carbonyl (C=O) groups is 2. The van der Waals surface area contributed by atoms with Crippen LogP contribution in [-0.2, 0) is 14.3 Å². The Labute approximate surface area is 163 Å². The van der Waals surface area contributed by atoms with Crippen LogP contribution in [-0.4, -0.2) is 29.2 Å². The largest absolute Gasteiger partial charge is 0.469 e. The van der Waals surface area contributed by atoms with Crippen LogP contribution in [0.25, 0.3) is 0 Å². The van der Waals surface area contributed by atoms with Gasteiger partial charge < -0.3 is 4.74 Å². The van der Waals surface area contributed by atoms with Crippen molar-refractivity contribution in [1.82, 2.24) is 0 Å². The monoisotopic (exact) mass is 396 g/mol. The summed E-state index contributed by atoms with van der Waals surface area (Å²) in [7, 11) is 1.35. The van der Waals surface area contributed by atoms with Gasteiger partial charge in [-0.15, -0.1) is 0 Å². The third-order valence-corrected chi connectivity index (χ3v) is 5.77.